The standard InChI is InChI=1S/C15H29NO/c1-14-7-6-10-16(11-14)12-15(13-17)8-4-2-3-5-9-15/h14,17H,2-13H2,1H3. The van der Waals surface area contributed by atoms with E-state index >= 15 is 0 Å². The molecule has 1 aliphatic heterocycles. The Kier molecular flexibility index (Phi) is 4.87. The van der Waals surface area contributed by atoms with Crippen LogP contribution in [0.2, 0.25) is 0 Å². The van der Waals surface area contributed by atoms with Crippen LogP contribution in [0, 0.1) is 11.3 Å². The lowest BCUT2D eigenvalue weighted by Crippen LogP contribution is -2.44. The molecule has 1 saturated heterocycles. The van der Waals surface area contributed by atoms with E-state index < -0.39 is 0 Å². The van der Waals surface area contributed by atoms with Crippen molar-refractivity contribution in [3.8, 4) is 0 Å². The number of hydrogen-bond donors (Lipinski definition) is 1. The van der Waals surface area contributed by atoms with E-state index in [4.69, 9.17) is 0 Å². The zero-order chi connectivity index (χ0) is 12.1. The fourth-order valence-corrected chi connectivity index (χ4v) is 3.75. The maximum Gasteiger partial charge on any atom is 0.0499 e. The molecule has 2 fully saturated rings. The average Bonchev–Trinajstić information content (AvgIpc) is 2.55. The summed E-state index contributed by atoms with van der Waals surface area (Å²) in [4.78, 5) is 2.62. The number of aliphatic hydroxyl groups is 1. The number of piperidine rings is 1. The van der Waals surface area contributed by atoms with Gasteiger partial charge in [-0.25, -0.2) is 0 Å². The summed E-state index contributed by atoms with van der Waals surface area (Å²) in [5.74, 6) is 0.852. The molecule has 2 aliphatic rings. The van der Waals surface area contributed by atoms with Gasteiger partial charge in [0.25, 0.3) is 0 Å². The minimum Gasteiger partial charge on any atom is -0.396 e. The third-order valence-corrected chi connectivity index (χ3v) is 4.80. The van der Waals surface area contributed by atoms with Gasteiger partial charge in [-0.1, -0.05) is 32.6 Å². The highest BCUT2D eigenvalue weighted by Crippen LogP contribution is 2.36. The highest BCUT2D eigenvalue weighted by molar-refractivity contribution is 4.86. The normalized spacial score (nSPS) is 31.1. The zero-order valence-electron chi connectivity index (χ0n) is 11.5. The van der Waals surface area contributed by atoms with Crippen molar-refractivity contribution in [3.63, 3.8) is 0 Å². The summed E-state index contributed by atoms with van der Waals surface area (Å²) < 4.78 is 0. The van der Waals surface area contributed by atoms with E-state index in [1.807, 2.05) is 0 Å². The quantitative estimate of drug-likeness (QED) is 0.765. The lowest BCUT2D eigenvalue weighted by atomic mass is 9.80. The Morgan fingerprint density at radius 1 is 1.12 bits per heavy atom. The second-order valence-corrected chi connectivity index (χ2v) is 6.55. The Bertz CT molecular complexity index is 221. The zero-order valence-corrected chi connectivity index (χ0v) is 11.5. The molecule has 2 heteroatoms. The summed E-state index contributed by atoms with van der Waals surface area (Å²) in [5.41, 5.74) is 0.230. The van der Waals surface area contributed by atoms with E-state index in [0.717, 1.165) is 12.5 Å². The Balaban J connectivity index is 1.92. The predicted octanol–water partition coefficient (Wildman–Crippen LogP) is 3.05. The number of rotatable bonds is 3. The van der Waals surface area contributed by atoms with Gasteiger partial charge >= 0.3 is 0 Å². The Hall–Kier alpha value is -0.0800. The molecule has 1 atom stereocenters. The number of nitrogens with zero attached hydrogens (tertiary/aromatic N) is 1. The summed E-state index contributed by atoms with van der Waals surface area (Å²) in [6.45, 7) is 6.42. The highest BCUT2D eigenvalue weighted by Gasteiger charge is 2.33. The summed E-state index contributed by atoms with van der Waals surface area (Å²) in [7, 11) is 0. The molecular weight excluding hydrogens is 210 g/mol. The third kappa shape index (κ3) is 3.69. The van der Waals surface area contributed by atoms with Gasteiger partial charge < -0.3 is 10.0 Å². The van der Waals surface area contributed by atoms with E-state index in [9.17, 15) is 5.11 Å². The molecule has 1 N–H and O–H groups in total. The van der Waals surface area contributed by atoms with Crippen LogP contribution in [-0.2, 0) is 0 Å². The molecule has 0 aromatic carbocycles. The van der Waals surface area contributed by atoms with Crippen molar-refractivity contribution in [2.45, 2.75) is 58.3 Å². The fourth-order valence-electron chi connectivity index (χ4n) is 3.75. The first-order chi connectivity index (χ1) is 8.24. The molecule has 100 valence electrons. The second-order valence-electron chi connectivity index (χ2n) is 6.55. The van der Waals surface area contributed by atoms with Crippen molar-refractivity contribution in [1.29, 1.82) is 0 Å². The summed E-state index contributed by atoms with van der Waals surface area (Å²) in [5, 5.41) is 9.84. The Labute approximate surface area is 106 Å². The summed E-state index contributed by atoms with van der Waals surface area (Å²) in [6.07, 6.45) is 10.6. The fraction of sp³-hybridized carbons (Fsp3) is 1.00. The first-order valence-corrected chi connectivity index (χ1v) is 7.57. The summed E-state index contributed by atoms with van der Waals surface area (Å²) >= 11 is 0. The molecule has 0 spiro atoms. The predicted molar refractivity (Wildman–Crippen MR) is 72.1 cm³/mol. The smallest absolute Gasteiger partial charge is 0.0499 e. The molecule has 1 aliphatic carbocycles. The third-order valence-electron chi connectivity index (χ3n) is 4.80. The minimum atomic E-state index is 0.230. The van der Waals surface area contributed by atoms with Crippen molar-refractivity contribution in [2.75, 3.05) is 26.2 Å². The number of aliphatic hydroxyl groups excluding tert-OH is 1. The van der Waals surface area contributed by atoms with Crippen LogP contribution in [-0.4, -0.2) is 36.2 Å². The largest absolute Gasteiger partial charge is 0.396 e. The van der Waals surface area contributed by atoms with Crippen LogP contribution in [0.1, 0.15) is 58.3 Å². The second kappa shape index (κ2) is 6.19. The van der Waals surface area contributed by atoms with E-state index in [0.29, 0.717) is 6.61 Å². The molecule has 1 unspecified atom stereocenters. The van der Waals surface area contributed by atoms with Crippen LogP contribution in [0.15, 0.2) is 0 Å². The monoisotopic (exact) mass is 239 g/mol. The van der Waals surface area contributed by atoms with Crippen LogP contribution < -0.4 is 0 Å². The van der Waals surface area contributed by atoms with E-state index in [1.54, 1.807) is 0 Å². The van der Waals surface area contributed by atoms with Gasteiger partial charge in [0.1, 0.15) is 0 Å². The Morgan fingerprint density at radius 3 is 2.41 bits per heavy atom. The molecule has 2 rings (SSSR count). The van der Waals surface area contributed by atoms with Crippen molar-refractivity contribution in [2.24, 2.45) is 11.3 Å². The topological polar surface area (TPSA) is 23.5 Å². The minimum absolute atomic E-state index is 0.230. The number of hydrogen-bond acceptors (Lipinski definition) is 2. The molecule has 0 aromatic heterocycles. The highest BCUT2D eigenvalue weighted by atomic mass is 16.3. The van der Waals surface area contributed by atoms with Crippen LogP contribution in [0.5, 0.6) is 0 Å². The van der Waals surface area contributed by atoms with Gasteiger partial charge in [0, 0.05) is 25.1 Å². The van der Waals surface area contributed by atoms with Crippen molar-refractivity contribution < 1.29 is 5.11 Å². The van der Waals surface area contributed by atoms with E-state index in [1.165, 1.54) is 64.5 Å². The van der Waals surface area contributed by atoms with Crippen LogP contribution in [0.3, 0.4) is 0 Å². The van der Waals surface area contributed by atoms with Crippen LogP contribution in [0.4, 0.5) is 0 Å². The van der Waals surface area contributed by atoms with E-state index in [2.05, 4.69) is 11.8 Å². The maximum atomic E-state index is 9.84. The molecule has 0 aromatic rings. The molecule has 0 amide bonds. The van der Waals surface area contributed by atoms with Gasteiger partial charge in [-0.3, -0.25) is 0 Å². The van der Waals surface area contributed by atoms with E-state index in [-0.39, 0.29) is 5.41 Å². The van der Waals surface area contributed by atoms with Gasteiger partial charge in [-0.2, -0.15) is 0 Å². The van der Waals surface area contributed by atoms with Crippen molar-refractivity contribution in [3.05, 3.63) is 0 Å². The molecule has 17 heavy (non-hydrogen) atoms. The SMILES string of the molecule is CC1CCCN(CC2(CO)CCCCCC2)C1. The molecule has 1 saturated carbocycles. The first kappa shape index (κ1) is 13.4. The van der Waals surface area contributed by atoms with Gasteiger partial charge in [0.2, 0.25) is 0 Å². The van der Waals surface area contributed by atoms with Gasteiger partial charge in [-0.05, 0) is 38.1 Å². The van der Waals surface area contributed by atoms with Gasteiger partial charge in [-0.15, -0.1) is 0 Å². The number of likely N-dealkylation sites (tertiary alicyclic amines) is 1. The summed E-state index contributed by atoms with van der Waals surface area (Å²) in [6, 6.07) is 0. The van der Waals surface area contributed by atoms with Crippen molar-refractivity contribution >= 4 is 0 Å². The van der Waals surface area contributed by atoms with Crippen LogP contribution >= 0.6 is 0 Å². The van der Waals surface area contributed by atoms with Crippen LogP contribution in [0.25, 0.3) is 0 Å². The van der Waals surface area contributed by atoms with Crippen molar-refractivity contribution in [1.82, 2.24) is 4.90 Å². The molecular formula is C15H29NO. The maximum absolute atomic E-state index is 9.84. The lowest BCUT2D eigenvalue weighted by Gasteiger charge is -2.39. The van der Waals surface area contributed by atoms with Gasteiger partial charge in [0.05, 0.1) is 0 Å². The lowest BCUT2D eigenvalue weighted by molar-refractivity contribution is 0.0433. The molecule has 2 nitrogen and oxygen atoms in total. The van der Waals surface area contributed by atoms with Gasteiger partial charge in [0.15, 0.2) is 0 Å². The first-order valence-electron chi connectivity index (χ1n) is 7.57. The molecule has 1 heterocycles. The molecule has 0 bridgehead atoms. The molecule has 0 radical (unpaired) electrons. The Morgan fingerprint density at radius 2 is 1.82 bits per heavy atom. The average molecular weight is 239 g/mol.